The molecule has 8 nitrogen and oxygen atoms in total. The molecule has 1 aromatic carbocycles. The quantitative estimate of drug-likeness (QED) is 0.673. The van der Waals surface area contributed by atoms with Crippen LogP contribution >= 0.6 is 11.3 Å². The third kappa shape index (κ3) is 5.76. The standard InChI is InChI=1S/C15H20N4O4S2/c1-10(2)13(20)16-14-17-18-15(24-14)25(21,22)19-11(3)9-23-12-7-5-4-6-8-12/h4-8,10-11,19H,9H2,1-3H3,(H,16,17,20)/t11-/m0/s1. The number of ether oxygens (including phenoxy) is 1. The molecule has 0 aliphatic carbocycles. The van der Waals surface area contributed by atoms with Crippen molar-refractivity contribution in [2.45, 2.75) is 31.2 Å². The molecule has 1 atom stereocenters. The number of hydrogen-bond acceptors (Lipinski definition) is 7. The van der Waals surface area contributed by atoms with E-state index in [9.17, 15) is 13.2 Å². The monoisotopic (exact) mass is 384 g/mol. The maximum Gasteiger partial charge on any atom is 0.270 e. The summed E-state index contributed by atoms with van der Waals surface area (Å²) in [5.41, 5.74) is 0. The van der Waals surface area contributed by atoms with Crippen molar-refractivity contribution in [3.8, 4) is 5.75 Å². The van der Waals surface area contributed by atoms with Gasteiger partial charge < -0.3 is 10.1 Å². The Hall–Kier alpha value is -2.04. The van der Waals surface area contributed by atoms with E-state index < -0.39 is 16.1 Å². The van der Waals surface area contributed by atoms with Crippen LogP contribution in [0.25, 0.3) is 0 Å². The van der Waals surface area contributed by atoms with Gasteiger partial charge >= 0.3 is 0 Å². The van der Waals surface area contributed by atoms with E-state index in [4.69, 9.17) is 4.74 Å². The van der Waals surface area contributed by atoms with E-state index in [2.05, 4.69) is 20.2 Å². The zero-order valence-corrected chi connectivity index (χ0v) is 15.7. The number of sulfonamides is 1. The van der Waals surface area contributed by atoms with Crippen LogP contribution in [0.5, 0.6) is 5.75 Å². The number of nitrogens with zero attached hydrogens (tertiary/aromatic N) is 2. The maximum atomic E-state index is 12.3. The Kier molecular flexibility index (Phi) is 6.45. The number of benzene rings is 1. The van der Waals surface area contributed by atoms with Crippen molar-refractivity contribution in [2.75, 3.05) is 11.9 Å². The van der Waals surface area contributed by atoms with Gasteiger partial charge in [-0.15, -0.1) is 10.2 Å². The molecule has 0 saturated carbocycles. The summed E-state index contributed by atoms with van der Waals surface area (Å²) in [7, 11) is -3.84. The molecule has 0 spiro atoms. The van der Waals surface area contributed by atoms with E-state index >= 15 is 0 Å². The Balaban J connectivity index is 1.94. The molecule has 1 amide bonds. The number of para-hydroxylation sites is 1. The summed E-state index contributed by atoms with van der Waals surface area (Å²) in [5, 5.41) is 9.99. The number of anilines is 1. The minimum Gasteiger partial charge on any atom is -0.492 e. The third-order valence-corrected chi connectivity index (χ3v) is 5.79. The fraction of sp³-hybridized carbons (Fsp3) is 0.400. The molecule has 1 heterocycles. The van der Waals surface area contributed by atoms with Crippen LogP contribution in [-0.4, -0.2) is 37.2 Å². The zero-order valence-electron chi connectivity index (χ0n) is 14.1. The molecule has 0 radical (unpaired) electrons. The van der Waals surface area contributed by atoms with Crippen molar-refractivity contribution < 1.29 is 17.9 Å². The molecule has 2 aromatic rings. The number of amides is 1. The van der Waals surface area contributed by atoms with Crippen LogP contribution in [-0.2, 0) is 14.8 Å². The van der Waals surface area contributed by atoms with Gasteiger partial charge in [0.1, 0.15) is 12.4 Å². The first-order valence-electron chi connectivity index (χ1n) is 7.62. The number of nitrogens with one attached hydrogen (secondary N) is 2. The molecule has 0 fully saturated rings. The lowest BCUT2D eigenvalue weighted by Gasteiger charge is -2.13. The fourth-order valence-electron chi connectivity index (χ4n) is 1.71. The highest BCUT2D eigenvalue weighted by molar-refractivity contribution is 7.91. The maximum absolute atomic E-state index is 12.3. The number of aromatic nitrogens is 2. The van der Waals surface area contributed by atoms with E-state index in [0.717, 1.165) is 11.3 Å². The average molecular weight is 384 g/mol. The van der Waals surface area contributed by atoms with Gasteiger partial charge in [-0.05, 0) is 19.1 Å². The summed E-state index contributed by atoms with van der Waals surface area (Å²) in [6.45, 7) is 5.30. The van der Waals surface area contributed by atoms with Gasteiger partial charge in [0.25, 0.3) is 10.0 Å². The smallest absolute Gasteiger partial charge is 0.270 e. The Bertz CT molecular complexity index is 806. The number of hydrogen-bond donors (Lipinski definition) is 2. The van der Waals surface area contributed by atoms with Gasteiger partial charge in [-0.2, -0.15) is 0 Å². The Morgan fingerprint density at radius 1 is 1.20 bits per heavy atom. The SMILES string of the molecule is CC(C)C(=O)Nc1nnc(S(=O)(=O)N[C@@H](C)COc2ccccc2)s1. The molecule has 0 saturated heterocycles. The van der Waals surface area contributed by atoms with Crippen molar-refractivity contribution in [1.29, 1.82) is 0 Å². The lowest BCUT2D eigenvalue weighted by Crippen LogP contribution is -2.36. The second-order valence-corrected chi connectivity index (χ2v) is 8.53. The van der Waals surface area contributed by atoms with Crippen molar-refractivity contribution in [2.24, 2.45) is 5.92 Å². The summed E-state index contributed by atoms with van der Waals surface area (Å²) in [4.78, 5) is 11.6. The van der Waals surface area contributed by atoms with Gasteiger partial charge in [-0.25, -0.2) is 13.1 Å². The molecule has 25 heavy (non-hydrogen) atoms. The van der Waals surface area contributed by atoms with E-state index in [0.29, 0.717) is 5.75 Å². The molecule has 0 aliphatic heterocycles. The zero-order chi connectivity index (χ0) is 18.4. The summed E-state index contributed by atoms with van der Waals surface area (Å²) >= 11 is 0.797. The van der Waals surface area contributed by atoms with Gasteiger partial charge in [0.2, 0.25) is 15.4 Å². The van der Waals surface area contributed by atoms with Crippen LogP contribution in [0.1, 0.15) is 20.8 Å². The van der Waals surface area contributed by atoms with E-state index in [1.54, 1.807) is 32.9 Å². The van der Waals surface area contributed by atoms with Gasteiger partial charge in [-0.3, -0.25) is 4.79 Å². The van der Waals surface area contributed by atoms with E-state index in [1.807, 2.05) is 18.2 Å². The van der Waals surface area contributed by atoms with Gasteiger partial charge in [-0.1, -0.05) is 43.4 Å². The van der Waals surface area contributed by atoms with Gasteiger partial charge in [0.15, 0.2) is 0 Å². The molecule has 2 N–H and O–H groups in total. The Morgan fingerprint density at radius 2 is 1.88 bits per heavy atom. The minimum absolute atomic E-state index is 0.146. The summed E-state index contributed by atoms with van der Waals surface area (Å²) < 4.78 is 32.4. The van der Waals surface area contributed by atoms with Crippen LogP contribution in [0.3, 0.4) is 0 Å². The third-order valence-electron chi connectivity index (χ3n) is 2.99. The van der Waals surface area contributed by atoms with Crippen molar-refractivity contribution in [3.63, 3.8) is 0 Å². The van der Waals surface area contributed by atoms with Crippen LogP contribution in [0.2, 0.25) is 0 Å². The number of carbonyl (C=O) groups excluding carboxylic acids is 1. The second-order valence-electron chi connectivity index (χ2n) is 5.66. The molecular weight excluding hydrogens is 364 g/mol. The van der Waals surface area contributed by atoms with Gasteiger partial charge in [0.05, 0.1) is 6.04 Å². The van der Waals surface area contributed by atoms with Crippen molar-refractivity contribution in [1.82, 2.24) is 14.9 Å². The highest BCUT2D eigenvalue weighted by Crippen LogP contribution is 2.20. The van der Waals surface area contributed by atoms with Crippen LogP contribution in [0, 0.1) is 5.92 Å². The molecule has 2 rings (SSSR count). The van der Waals surface area contributed by atoms with Crippen LogP contribution in [0.4, 0.5) is 5.13 Å². The predicted octanol–water partition coefficient (Wildman–Crippen LogP) is 1.88. The molecule has 0 unspecified atom stereocenters. The first-order valence-corrected chi connectivity index (χ1v) is 9.92. The second kappa shape index (κ2) is 8.37. The molecule has 0 aliphatic rings. The largest absolute Gasteiger partial charge is 0.492 e. The van der Waals surface area contributed by atoms with Gasteiger partial charge in [0, 0.05) is 5.92 Å². The van der Waals surface area contributed by atoms with E-state index in [1.165, 1.54) is 0 Å². The lowest BCUT2D eigenvalue weighted by molar-refractivity contribution is -0.118. The highest BCUT2D eigenvalue weighted by Gasteiger charge is 2.23. The van der Waals surface area contributed by atoms with E-state index in [-0.39, 0.29) is 27.9 Å². The minimum atomic E-state index is -3.84. The first kappa shape index (κ1) is 19.3. The molecule has 136 valence electrons. The highest BCUT2D eigenvalue weighted by atomic mass is 32.2. The topological polar surface area (TPSA) is 110 Å². The molecular formula is C15H20N4O4S2. The Labute approximate surface area is 150 Å². The number of rotatable bonds is 8. The summed E-state index contributed by atoms with van der Waals surface area (Å²) in [5.74, 6) is 0.165. The molecule has 1 aromatic heterocycles. The molecule has 0 bridgehead atoms. The predicted molar refractivity (Wildman–Crippen MR) is 95.1 cm³/mol. The lowest BCUT2D eigenvalue weighted by atomic mass is 10.2. The summed E-state index contributed by atoms with van der Waals surface area (Å²) in [6, 6.07) is 8.63. The fourth-order valence-corrected chi connectivity index (χ4v) is 3.85. The van der Waals surface area contributed by atoms with Crippen molar-refractivity contribution >= 4 is 32.4 Å². The van der Waals surface area contributed by atoms with Crippen LogP contribution < -0.4 is 14.8 Å². The molecule has 10 heteroatoms. The van der Waals surface area contributed by atoms with Crippen molar-refractivity contribution in [3.05, 3.63) is 30.3 Å². The normalized spacial score (nSPS) is 12.8. The Morgan fingerprint density at radius 3 is 2.52 bits per heavy atom. The summed E-state index contributed by atoms with van der Waals surface area (Å²) in [6.07, 6.45) is 0. The van der Waals surface area contributed by atoms with Crippen LogP contribution in [0.15, 0.2) is 34.7 Å². The average Bonchev–Trinajstić information content (AvgIpc) is 3.03. The number of carbonyl (C=O) groups is 1. The first-order chi connectivity index (χ1) is 11.8.